The van der Waals surface area contributed by atoms with E-state index in [1.165, 1.54) is 40.7 Å². The summed E-state index contributed by atoms with van der Waals surface area (Å²) >= 11 is 0. The van der Waals surface area contributed by atoms with E-state index in [0.29, 0.717) is 24.0 Å². The summed E-state index contributed by atoms with van der Waals surface area (Å²) in [4.78, 5) is 62.1. The van der Waals surface area contributed by atoms with Gasteiger partial charge in [0.15, 0.2) is 11.7 Å². The number of hydrogen-bond donors (Lipinski definition) is 1. The minimum Gasteiger partial charge on any atom is -0.462 e. The maximum absolute atomic E-state index is 12.9. The van der Waals surface area contributed by atoms with Gasteiger partial charge in [-0.1, -0.05) is 19.1 Å². The molecule has 2 aliphatic carbocycles. The van der Waals surface area contributed by atoms with Crippen molar-refractivity contribution in [1.29, 1.82) is 0 Å². The van der Waals surface area contributed by atoms with E-state index in [9.17, 15) is 29.1 Å². The first-order chi connectivity index (χ1) is 18.0. The van der Waals surface area contributed by atoms with Crippen molar-refractivity contribution in [2.45, 2.75) is 104 Å². The highest BCUT2D eigenvalue weighted by molar-refractivity contribution is 5.78. The summed E-state index contributed by atoms with van der Waals surface area (Å²) in [6, 6.07) is 0. The fourth-order valence-corrected chi connectivity index (χ4v) is 6.40. The number of carbonyl (C=O) groups excluding carboxylic acids is 5. The van der Waals surface area contributed by atoms with Gasteiger partial charge in [-0.25, -0.2) is 0 Å². The summed E-state index contributed by atoms with van der Waals surface area (Å²) < 4.78 is 28.6. The Bertz CT molecular complexity index is 1090. The van der Waals surface area contributed by atoms with Crippen molar-refractivity contribution in [1.82, 2.24) is 0 Å². The third-order valence-corrected chi connectivity index (χ3v) is 8.30. The molecule has 0 aromatic rings. The molecule has 1 saturated carbocycles. The molecule has 0 aromatic carbocycles. The summed E-state index contributed by atoms with van der Waals surface area (Å²) in [6.07, 6.45) is -3.56. The van der Waals surface area contributed by atoms with Gasteiger partial charge in [-0.2, -0.15) is 0 Å². The van der Waals surface area contributed by atoms with Crippen LogP contribution in [-0.4, -0.2) is 71.1 Å². The zero-order valence-corrected chi connectivity index (χ0v) is 23.5. The average molecular weight is 551 g/mol. The van der Waals surface area contributed by atoms with E-state index in [1.807, 2.05) is 0 Å². The highest BCUT2D eigenvalue weighted by Crippen LogP contribution is 2.56. The fraction of sp³-hybridized carbons (Fsp3) is 0.679. The molecular formula is C28H38O11. The summed E-state index contributed by atoms with van der Waals surface area (Å²) in [5, 5.41) is 12.3. The van der Waals surface area contributed by atoms with Crippen molar-refractivity contribution in [3.05, 3.63) is 23.8 Å². The molecule has 3 aliphatic rings. The van der Waals surface area contributed by atoms with Crippen molar-refractivity contribution in [2.75, 3.05) is 0 Å². The minimum atomic E-state index is -2.10. The zero-order valence-electron chi connectivity index (χ0n) is 23.5. The maximum Gasteiger partial charge on any atom is 0.312 e. The van der Waals surface area contributed by atoms with Crippen LogP contribution in [0.4, 0.5) is 0 Å². The molecule has 11 heteroatoms. The molecule has 0 aromatic heterocycles. The quantitative estimate of drug-likeness (QED) is 0.312. The monoisotopic (exact) mass is 550 g/mol. The predicted molar refractivity (Wildman–Crippen MR) is 135 cm³/mol. The van der Waals surface area contributed by atoms with Crippen LogP contribution >= 0.6 is 0 Å². The molecule has 3 rings (SSSR count). The summed E-state index contributed by atoms with van der Waals surface area (Å²) in [5.41, 5.74) is -2.51. The Balaban J connectivity index is 2.41. The Morgan fingerprint density at radius 1 is 0.974 bits per heavy atom. The molecule has 1 heterocycles. The van der Waals surface area contributed by atoms with E-state index >= 15 is 0 Å². The first kappa shape index (κ1) is 30.3. The zero-order chi connectivity index (χ0) is 29.4. The largest absolute Gasteiger partial charge is 0.462 e. The Hall–Kier alpha value is -3.21. The molecule has 0 spiro atoms. The van der Waals surface area contributed by atoms with Crippen LogP contribution in [0.2, 0.25) is 0 Å². The van der Waals surface area contributed by atoms with Crippen LogP contribution in [0.5, 0.6) is 0 Å². The van der Waals surface area contributed by atoms with Gasteiger partial charge in [0.1, 0.15) is 24.4 Å². The van der Waals surface area contributed by atoms with E-state index in [0.717, 1.165) is 0 Å². The smallest absolute Gasteiger partial charge is 0.312 e. The highest BCUT2D eigenvalue weighted by atomic mass is 16.6. The van der Waals surface area contributed by atoms with Crippen molar-refractivity contribution in [3.8, 4) is 0 Å². The standard InChI is InChI=1S/C28H38O11/c1-13-9-10-21(36-17(5)30)27(8)22(37-18(6)31)12-20(35-16(4)29)14(2)11-23-28(34,15(3)26(33)39-23)25(24(13)27)38-19(7)32/h11,15,20-25,34H,1,9-10,12H2,2-8H3/b14-11-/t15-,20+,21-,22-,23-,24+,25-,27+,28-/m0/s1. The average Bonchev–Trinajstić information content (AvgIpc) is 3.01. The van der Waals surface area contributed by atoms with Crippen molar-refractivity contribution >= 4 is 29.8 Å². The van der Waals surface area contributed by atoms with Crippen LogP contribution < -0.4 is 0 Å². The normalized spacial score (nSPS) is 39.6. The van der Waals surface area contributed by atoms with Gasteiger partial charge < -0.3 is 28.8 Å². The number of ether oxygens (including phenoxy) is 5. The third kappa shape index (κ3) is 5.59. The highest BCUT2D eigenvalue weighted by Gasteiger charge is 2.67. The van der Waals surface area contributed by atoms with Gasteiger partial charge in [-0.15, -0.1) is 0 Å². The lowest BCUT2D eigenvalue weighted by molar-refractivity contribution is -0.221. The fourth-order valence-electron chi connectivity index (χ4n) is 6.40. The van der Waals surface area contributed by atoms with Gasteiger partial charge in [0, 0.05) is 40.0 Å². The van der Waals surface area contributed by atoms with Crippen LogP contribution in [0.15, 0.2) is 23.8 Å². The second kappa shape index (κ2) is 11.1. The topological polar surface area (TPSA) is 152 Å². The Labute approximate surface area is 227 Å². The van der Waals surface area contributed by atoms with Crippen molar-refractivity contribution in [2.24, 2.45) is 17.3 Å². The maximum atomic E-state index is 12.9. The first-order valence-electron chi connectivity index (χ1n) is 13.0. The SMILES string of the molecule is C=C1CC[C@H](OC(C)=O)[C@]2(C)[C@@H](OC(C)=O)C[C@@H](OC(C)=O)/C(C)=C\[C@@H]3OC(=O)[C@H](C)[C@@]3(O)[C@@H](OC(C)=O)[C@@H]12. The molecule has 1 N–H and O–H groups in total. The molecule has 11 nitrogen and oxygen atoms in total. The molecule has 216 valence electrons. The van der Waals surface area contributed by atoms with E-state index in [-0.39, 0.29) is 6.42 Å². The third-order valence-electron chi connectivity index (χ3n) is 8.30. The van der Waals surface area contributed by atoms with E-state index in [2.05, 4.69) is 6.58 Å². The molecular weight excluding hydrogens is 512 g/mol. The Morgan fingerprint density at radius 2 is 1.51 bits per heavy atom. The molecule has 0 amide bonds. The summed E-state index contributed by atoms with van der Waals surface area (Å²) in [5.74, 6) is -5.42. The number of hydrogen-bond acceptors (Lipinski definition) is 11. The van der Waals surface area contributed by atoms with Crippen LogP contribution in [0.25, 0.3) is 0 Å². The van der Waals surface area contributed by atoms with E-state index < -0.39 is 83.2 Å². The van der Waals surface area contributed by atoms with Gasteiger partial charge >= 0.3 is 29.8 Å². The molecule has 0 radical (unpaired) electrons. The van der Waals surface area contributed by atoms with Crippen LogP contribution in [0.1, 0.15) is 67.7 Å². The number of esters is 5. The molecule has 2 fully saturated rings. The van der Waals surface area contributed by atoms with Gasteiger partial charge in [-0.3, -0.25) is 24.0 Å². The molecule has 39 heavy (non-hydrogen) atoms. The van der Waals surface area contributed by atoms with Gasteiger partial charge in [0.05, 0.1) is 11.3 Å². The minimum absolute atomic E-state index is 0.0546. The van der Waals surface area contributed by atoms with Gasteiger partial charge in [-0.05, 0) is 38.3 Å². The van der Waals surface area contributed by atoms with Crippen molar-refractivity contribution in [3.63, 3.8) is 0 Å². The number of rotatable bonds is 4. The lowest BCUT2D eigenvalue weighted by Gasteiger charge is -2.55. The van der Waals surface area contributed by atoms with Crippen LogP contribution in [0, 0.1) is 17.3 Å². The Kier molecular flexibility index (Phi) is 8.64. The van der Waals surface area contributed by atoms with Crippen LogP contribution in [-0.2, 0) is 47.7 Å². The van der Waals surface area contributed by atoms with Gasteiger partial charge in [0.25, 0.3) is 0 Å². The number of aliphatic hydroxyl groups is 1. The lowest BCUT2D eigenvalue weighted by Crippen LogP contribution is -2.66. The Morgan fingerprint density at radius 3 is 2.05 bits per heavy atom. The number of fused-ring (bicyclic) bond motifs is 2. The molecule has 9 atom stereocenters. The molecule has 0 bridgehead atoms. The predicted octanol–water partition coefficient (Wildman–Crippen LogP) is 2.33. The van der Waals surface area contributed by atoms with E-state index in [4.69, 9.17) is 23.7 Å². The molecule has 1 saturated heterocycles. The number of carbonyl (C=O) groups is 5. The summed E-state index contributed by atoms with van der Waals surface area (Å²) in [7, 11) is 0. The van der Waals surface area contributed by atoms with Crippen molar-refractivity contribution < 1.29 is 52.8 Å². The van der Waals surface area contributed by atoms with Crippen LogP contribution in [0.3, 0.4) is 0 Å². The molecule has 1 aliphatic heterocycles. The first-order valence-corrected chi connectivity index (χ1v) is 13.0. The second-order valence-corrected chi connectivity index (χ2v) is 11.0. The second-order valence-electron chi connectivity index (χ2n) is 11.0. The molecule has 0 unspecified atom stereocenters. The van der Waals surface area contributed by atoms with Gasteiger partial charge in [0.2, 0.25) is 0 Å². The summed E-state index contributed by atoms with van der Waals surface area (Å²) in [6.45, 7) is 13.9. The lowest BCUT2D eigenvalue weighted by atomic mass is 9.54. The van der Waals surface area contributed by atoms with E-state index in [1.54, 1.807) is 13.8 Å².